The van der Waals surface area contributed by atoms with Gasteiger partial charge in [0.15, 0.2) is 11.5 Å². The van der Waals surface area contributed by atoms with Crippen molar-refractivity contribution in [2.24, 2.45) is 0 Å². The van der Waals surface area contributed by atoms with Crippen molar-refractivity contribution in [3.05, 3.63) is 22.2 Å². The first-order chi connectivity index (χ1) is 7.61. The number of ether oxygens (including phenoxy) is 1. The summed E-state index contributed by atoms with van der Waals surface area (Å²) in [5.74, 6) is 0.435. The molecule has 3 N–H and O–H groups in total. The van der Waals surface area contributed by atoms with E-state index < -0.39 is 0 Å². The first-order valence-electron chi connectivity index (χ1n) is 4.72. The Morgan fingerprint density at radius 2 is 2.31 bits per heavy atom. The van der Waals surface area contributed by atoms with Gasteiger partial charge in [-0.25, -0.2) is 4.79 Å². The number of phenolic OH excluding ortho intramolecular Hbond substituents is 1. The molecule has 0 aliphatic carbocycles. The molecule has 1 aromatic carbocycles. The molecule has 0 spiro atoms. The van der Waals surface area contributed by atoms with E-state index in [2.05, 4.69) is 26.6 Å². The average molecular weight is 287 g/mol. The van der Waals surface area contributed by atoms with Crippen molar-refractivity contribution in [2.45, 2.75) is 6.04 Å². The van der Waals surface area contributed by atoms with Crippen molar-refractivity contribution >= 4 is 22.0 Å². The number of carbonyl (C=O) groups is 1. The average Bonchev–Trinajstić information content (AvgIpc) is 2.67. The highest BCUT2D eigenvalue weighted by Gasteiger charge is 2.25. The van der Waals surface area contributed by atoms with Gasteiger partial charge >= 0.3 is 6.03 Å². The van der Waals surface area contributed by atoms with E-state index in [4.69, 9.17) is 4.74 Å². The fourth-order valence-corrected chi connectivity index (χ4v) is 2.11. The van der Waals surface area contributed by atoms with Crippen LogP contribution in [0.3, 0.4) is 0 Å². The molecule has 1 atom stereocenters. The molecule has 16 heavy (non-hydrogen) atoms. The summed E-state index contributed by atoms with van der Waals surface area (Å²) in [7, 11) is 1.48. The number of hydrogen-bond acceptors (Lipinski definition) is 3. The summed E-state index contributed by atoms with van der Waals surface area (Å²) in [5, 5.41) is 15.3. The fraction of sp³-hybridized carbons (Fsp3) is 0.300. The lowest BCUT2D eigenvalue weighted by Crippen LogP contribution is -2.21. The third kappa shape index (κ3) is 1.92. The van der Waals surface area contributed by atoms with E-state index in [1.54, 1.807) is 12.1 Å². The number of phenols is 1. The van der Waals surface area contributed by atoms with Crippen LogP contribution < -0.4 is 15.4 Å². The van der Waals surface area contributed by atoms with Crippen LogP contribution in [0.5, 0.6) is 11.5 Å². The van der Waals surface area contributed by atoms with Crippen LogP contribution in [0.25, 0.3) is 0 Å². The molecule has 0 bridgehead atoms. The van der Waals surface area contributed by atoms with Gasteiger partial charge in [0.1, 0.15) is 0 Å². The maximum atomic E-state index is 11.0. The summed E-state index contributed by atoms with van der Waals surface area (Å²) in [6, 6.07) is 2.96. The minimum Gasteiger partial charge on any atom is -0.504 e. The van der Waals surface area contributed by atoms with Crippen LogP contribution >= 0.6 is 15.9 Å². The largest absolute Gasteiger partial charge is 0.504 e. The quantitative estimate of drug-likeness (QED) is 0.772. The van der Waals surface area contributed by atoms with Gasteiger partial charge in [0.05, 0.1) is 13.2 Å². The molecule has 6 heteroatoms. The number of rotatable bonds is 2. The van der Waals surface area contributed by atoms with Crippen LogP contribution in [0.15, 0.2) is 16.6 Å². The Bertz CT molecular complexity index is 436. The van der Waals surface area contributed by atoms with E-state index in [0.29, 0.717) is 17.9 Å². The number of hydrogen-bond donors (Lipinski definition) is 3. The summed E-state index contributed by atoms with van der Waals surface area (Å²) in [5.41, 5.74) is 0.629. The van der Waals surface area contributed by atoms with Gasteiger partial charge in [-0.05, 0) is 12.1 Å². The van der Waals surface area contributed by atoms with Crippen molar-refractivity contribution in [2.75, 3.05) is 13.7 Å². The zero-order valence-electron chi connectivity index (χ0n) is 8.58. The van der Waals surface area contributed by atoms with Crippen LogP contribution in [-0.4, -0.2) is 24.8 Å². The smallest absolute Gasteiger partial charge is 0.315 e. The minimum absolute atomic E-state index is 0.0553. The lowest BCUT2D eigenvalue weighted by atomic mass is 10.1. The molecule has 0 aromatic heterocycles. The second-order valence-electron chi connectivity index (χ2n) is 3.45. The van der Waals surface area contributed by atoms with Gasteiger partial charge < -0.3 is 20.5 Å². The maximum absolute atomic E-state index is 11.0. The number of urea groups is 1. The van der Waals surface area contributed by atoms with E-state index in [0.717, 1.165) is 4.47 Å². The SMILES string of the molecule is COc1cc(Br)cc([C@@H]2CNC(=O)N2)c1O. The second-order valence-corrected chi connectivity index (χ2v) is 4.37. The number of nitrogens with one attached hydrogen (secondary N) is 2. The van der Waals surface area contributed by atoms with Gasteiger partial charge in [-0.15, -0.1) is 0 Å². The summed E-state index contributed by atoms with van der Waals surface area (Å²) < 4.78 is 5.83. The Kier molecular flexibility index (Phi) is 2.91. The van der Waals surface area contributed by atoms with Crippen molar-refractivity contribution in [1.29, 1.82) is 0 Å². The monoisotopic (exact) mass is 286 g/mol. The van der Waals surface area contributed by atoms with Crippen LogP contribution in [0.1, 0.15) is 11.6 Å². The maximum Gasteiger partial charge on any atom is 0.315 e. The number of benzene rings is 1. The standard InChI is InChI=1S/C10H11BrN2O3/c1-16-8-3-5(11)2-6(9(8)14)7-4-12-10(15)13-7/h2-3,7,14H,4H2,1H3,(H2,12,13,15)/t7-/m0/s1. The summed E-state index contributed by atoms with van der Waals surface area (Å²) >= 11 is 3.33. The van der Waals surface area contributed by atoms with Gasteiger partial charge in [-0.2, -0.15) is 0 Å². The van der Waals surface area contributed by atoms with E-state index in [9.17, 15) is 9.90 Å². The lowest BCUT2D eigenvalue weighted by Gasteiger charge is -2.14. The highest BCUT2D eigenvalue weighted by molar-refractivity contribution is 9.10. The molecular formula is C10H11BrN2O3. The Morgan fingerprint density at radius 3 is 2.88 bits per heavy atom. The lowest BCUT2D eigenvalue weighted by molar-refractivity contribution is 0.247. The number of amides is 2. The van der Waals surface area contributed by atoms with Crippen molar-refractivity contribution in [3.63, 3.8) is 0 Å². The van der Waals surface area contributed by atoms with Crippen LogP contribution in [-0.2, 0) is 0 Å². The number of halogens is 1. The molecule has 5 nitrogen and oxygen atoms in total. The Morgan fingerprint density at radius 1 is 1.56 bits per heavy atom. The zero-order chi connectivity index (χ0) is 11.7. The van der Waals surface area contributed by atoms with Gasteiger partial charge in [0.25, 0.3) is 0 Å². The minimum atomic E-state index is -0.237. The highest BCUT2D eigenvalue weighted by atomic mass is 79.9. The van der Waals surface area contributed by atoms with Gasteiger partial charge in [-0.1, -0.05) is 15.9 Å². The number of aromatic hydroxyl groups is 1. The van der Waals surface area contributed by atoms with Crippen molar-refractivity contribution in [1.82, 2.24) is 10.6 Å². The van der Waals surface area contributed by atoms with Gasteiger partial charge in [-0.3, -0.25) is 0 Å². The van der Waals surface area contributed by atoms with Crippen molar-refractivity contribution < 1.29 is 14.6 Å². The Balaban J connectivity index is 2.40. The van der Waals surface area contributed by atoms with E-state index in [-0.39, 0.29) is 17.8 Å². The second kappa shape index (κ2) is 4.21. The third-order valence-electron chi connectivity index (χ3n) is 2.44. The number of carbonyl (C=O) groups excluding carboxylic acids is 1. The van der Waals surface area contributed by atoms with E-state index >= 15 is 0 Å². The molecule has 1 aliphatic rings. The topological polar surface area (TPSA) is 70.6 Å². The fourth-order valence-electron chi connectivity index (χ4n) is 1.66. The molecule has 1 heterocycles. The normalized spacial score (nSPS) is 19.1. The zero-order valence-corrected chi connectivity index (χ0v) is 10.2. The van der Waals surface area contributed by atoms with E-state index in [1.165, 1.54) is 7.11 Å². The molecule has 1 aromatic rings. The molecule has 2 rings (SSSR count). The predicted octanol–water partition coefficient (Wildman–Crippen LogP) is 1.52. The molecule has 0 radical (unpaired) electrons. The Labute approximate surface area is 101 Å². The Hall–Kier alpha value is -1.43. The highest BCUT2D eigenvalue weighted by Crippen LogP contribution is 2.37. The summed E-state index contributed by atoms with van der Waals surface area (Å²) in [4.78, 5) is 11.0. The molecule has 1 saturated heterocycles. The molecule has 86 valence electrons. The van der Waals surface area contributed by atoms with Gasteiger partial charge in [0, 0.05) is 16.6 Å². The molecular weight excluding hydrogens is 276 g/mol. The summed E-state index contributed by atoms with van der Waals surface area (Å²) in [6.07, 6.45) is 0. The first kappa shape index (κ1) is 11.1. The van der Waals surface area contributed by atoms with Crippen molar-refractivity contribution in [3.8, 4) is 11.5 Å². The van der Waals surface area contributed by atoms with Gasteiger partial charge in [0.2, 0.25) is 0 Å². The molecule has 1 aliphatic heterocycles. The molecule has 0 saturated carbocycles. The number of methoxy groups -OCH3 is 1. The molecule has 1 fully saturated rings. The predicted molar refractivity (Wildman–Crippen MR) is 61.6 cm³/mol. The third-order valence-corrected chi connectivity index (χ3v) is 2.89. The van der Waals surface area contributed by atoms with E-state index in [1.807, 2.05) is 0 Å². The molecule has 0 unspecified atom stereocenters. The molecule has 2 amide bonds. The van der Waals surface area contributed by atoms with Crippen LogP contribution in [0.2, 0.25) is 0 Å². The van der Waals surface area contributed by atoms with Crippen LogP contribution in [0, 0.1) is 0 Å². The first-order valence-corrected chi connectivity index (χ1v) is 5.52. The summed E-state index contributed by atoms with van der Waals surface area (Å²) in [6.45, 7) is 0.450. The van der Waals surface area contributed by atoms with Crippen LogP contribution in [0.4, 0.5) is 4.79 Å².